The van der Waals surface area contributed by atoms with Gasteiger partial charge in [0.25, 0.3) is 5.91 Å². The minimum Gasteiger partial charge on any atom is -0.395 e. The molecule has 120 valence electrons. The number of amides is 1. The van der Waals surface area contributed by atoms with Crippen molar-refractivity contribution in [3.8, 4) is 0 Å². The molecular weight excluding hydrogens is 290 g/mol. The van der Waals surface area contributed by atoms with Crippen molar-refractivity contribution >= 4 is 11.7 Å². The molecule has 0 radical (unpaired) electrons. The first-order valence-electron chi connectivity index (χ1n) is 7.93. The number of likely N-dealkylation sites (tertiary alicyclic amines) is 1. The van der Waals surface area contributed by atoms with E-state index in [4.69, 9.17) is 0 Å². The summed E-state index contributed by atoms with van der Waals surface area (Å²) in [7, 11) is 0. The summed E-state index contributed by atoms with van der Waals surface area (Å²) in [5, 5.41) is 12.3. The van der Waals surface area contributed by atoms with Crippen LogP contribution in [0, 0.1) is 0 Å². The number of anilines is 1. The van der Waals surface area contributed by atoms with E-state index in [1.54, 1.807) is 12.3 Å². The van der Waals surface area contributed by atoms with Crippen molar-refractivity contribution in [2.45, 2.75) is 25.4 Å². The molecular formula is C18H21N3O2. The molecule has 5 nitrogen and oxygen atoms in total. The number of aromatic nitrogens is 1. The van der Waals surface area contributed by atoms with Crippen LogP contribution in [-0.2, 0) is 6.54 Å². The Morgan fingerprint density at radius 3 is 2.87 bits per heavy atom. The summed E-state index contributed by atoms with van der Waals surface area (Å²) in [6.45, 7) is 1.81. The number of carbonyl (C=O) groups excluding carboxylic acids is 1. The lowest BCUT2D eigenvalue weighted by atomic mass is 10.1. The molecule has 3 rings (SSSR count). The third-order valence-electron chi connectivity index (χ3n) is 4.25. The Morgan fingerprint density at radius 1 is 1.26 bits per heavy atom. The summed E-state index contributed by atoms with van der Waals surface area (Å²) in [4.78, 5) is 18.9. The fourth-order valence-corrected chi connectivity index (χ4v) is 3.03. The van der Waals surface area contributed by atoms with Crippen molar-refractivity contribution < 1.29 is 9.90 Å². The molecule has 1 amide bonds. The Balaban J connectivity index is 1.76. The molecule has 2 N–H and O–H groups in total. The van der Waals surface area contributed by atoms with E-state index in [1.165, 1.54) is 0 Å². The highest BCUT2D eigenvalue weighted by Crippen LogP contribution is 2.21. The number of hydrogen-bond donors (Lipinski definition) is 2. The first-order chi connectivity index (χ1) is 11.3. The van der Waals surface area contributed by atoms with Gasteiger partial charge in [-0.1, -0.05) is 24.3 Å². The summed E-state index contributed by atoms with van der Waals surface area (Å²) >= 11 is 0. The van der Waals surface area contributed by atoms with Gasteiger partial charge < -0.3 is 10.4 Å². The number of nitrogens with zero attached hydrogens (tertiary/aromatic N) is 2. The van der Waals surface area contributed by atoms with Crippen molar-refractivity contribution in [1.29, 1.82) is 0 Å². The van der Waals surface area contributed by atoms with E-state index < -0.39 is 0 Å². The predicted molar refractivity (Wildman–Crippen MR) is 89.2 cm³/mol. The maximum absolute atomic E-state index is 12.5. The number of aliphatic hydroxyl groups is 1. The van der Waals surface area contributed by atoms with Crippen molar-refractivity contribution in [1.82, 2.24) is 9.88 Å². The normalized spacial score (nSPS) is 18.0. The average molecular weight is 311 g/mol. The van der Waals surface area contributed by atoms with Crippen LogP contribution in [0.5, 0.6) is 0 Å². The molecule has 2 heterocycles. The Hall–Kier alpha value is -2.24. The fraction of sp³-hybridized carbons (Fsp3) is 0.333. The van der Waals surface area contributed by atoms with Gasteiger partial charge in [-0.05, 0) is 43.1 Å². The van der Waals surface area contributed by atoms with Crippen molar-refractivity contribution in [3.05, 3.63) is 59.8 Å². The van der Waals surface area contributed by atoms with Crippen molar-refractivity contribution in [2.75, 3.05) is 18.5 Å². The molecule has 1 aromatic heterocycles. The lowest BCUT2D eigenvalue weighted by Gasteiger charge is -2.23. The second-order valence-electron chi connectivity index (χ2n) is 5.78. The molecule has 1 fully saturated rings. The third-order valence-corrected chi connectivity index (χ3v) is 4.25. The molecule has 1 saturated heterocycles. The van der Waals surface area contributed by atoms with Gasteiger partial charge >= 0.3 is 0 Å². The summed E-state index contributed by atoms with van der Waals surface area (Å²) in [5.41, 5.74) is 1.63. The highest BCUT2D eigenvalue weighted by Gasteiger charge is 2.25. The zero-order valence-corrected chi connectivity index (χ0v) is 13.0. The largest absolute Gasteiger partial charge is 0.395 e. The van der Waals surface area contributed by atoms with Crippen molar-refractivity contribution in [2.24, 2.45) is 0 Å². The predicted octanol–water partition coefficient (Wildman–Crippen LogP) is 2.29. The molecule has 0 spiro atoms. The molecule has 5 heteroatoms. The van der Waals surface area contributed by atoms with E-state index in [0.29, 0.717) is 17.9 Å². The fourth-order valence-electron chi connectivity index (χ4n) is 3.03. The molecule has 1 aromatic carbocycles. The van der Waals surface area contributed by atoms with Crippen LogP contribution < -0.4 is 5.32 Å². The number of aliphatic hydroxyl groups excluding tert-OH is 1. The number of rotatable bonds is 5. The Bertz CT molecular complexity index is 660. The highest BCUT2D eigenvalue weighted by molar-refractivity contribution is 6.04. The minimum absolute atomic E-state index is 0.154. The van der Waals surface area contributed by atoms with Gasteiger partial charge in [-0.3, -0.25) is 9.69 Å². The first-order valence-corrected chi connectivity index (χ1v) is 7.93. The Kier molecular flexibility index (Phi) is 5.00. The summed E-state index contributed by atoms with van der Waals surface area (Å²) < 4.78 is 0. The van der Waals surface area contributed by atoms with E-state index in [-0.39, 0.29) is 18.6 Å². The molecule has 1 atom stereocenters. The lowest BCUT2D eigenvalue weighted by molar-refractivity contribution is 0.102. The van der Waals surface area contributed by atoms with E-state index in [2.05, 4.69) is 15.2 Å². The molecule has 0 bridgehead atoms. The van der Waals surface area contributed by atoms with E-state index in [0.717, 1.165) is 24.9 Å². The standard InChI is InChI=1S/C18H21N3O2/c22-13-15-7-5-11-21(15)12-14-6-1-2-8-16(14)18(23)20-17-9-3-4-10-19-17/h1-4,6,8-10,15,22H,5,7,11-13H2,(H,19,20,23). The Labute approximate surface area is 136 Å². The summed E-state index contributed by atoms with van der Waals surface area (Å²) in [6.07, 6.45) is 3.75. The van der Waals surface area contributed by atoms with Gasteiger partial charge in [-0.25, -0.2) is 4.98 Å². The molecule has 0 saturated carbocycles. The number of hydrogen-bond acceptors (Lipinski definition) is 4. The van der Waals surface area contributed by atoms with Gasteiger partial charge in [0.2, 0.25) is 0 Å². The van der Waals surface area contributed by atoms with E-state index in [9.17, 15) is 9.90 Å². The number of carbonyl (C=O) groups is 1. The van der Waals surface area contributed by atoms with Crippen LogP contribution in [0.2, 0.25) is 0 Å². The molecule has 1 unspecified atom stereocenters. The zero-order valence-electron chi connectivity index (χ0n) is 13.0. The minimum atomic E-state index is -0.154. The van der Waals surface area contributed by atoms with Gasteiger partial charge in [0.05, 0.1) is 6.61 Å². The second-order valence-corrected chi connectivity index (χ2v) is 5.78. The third kappa shape index (κ3) is 3.75. The quantitative estimate of drug-likeness (QED) is 0.889. The SMILES string of the molecule is O=C(Nc1ccccn1)c1ccccc1CN1CCCC1CO. The van der Waals surface area contributed by atoms with Crippen molar-refractivity contribution in [3.63, 3.8) is 0 Å². The number of nitrogens with one attached hydrogen (secondary N) is 1. The number of benzene rings is 1. The Morgan fingerprint density at radius 2 is 2.09 bits per heavy atom. The van der Waals surface area contributed by atoms with Gasteiger partial charge in [-0.15, -0.1) is 0 Å². The van der Waals surface area contributed by atoms with Crippen LogP contribution in [0.1, 0.15) is 28.8 Å². The van der Waals surface area contributed by atoms with Crippen LogP contribution in [0.4, 0.5) is 5.82 Å². The van der Waals surface area contributed by atoms with E-state index >= 15 is 0 Å². The maximum atomic E-state index is 12.5. The van der Waals surface area contributed by atoms with Gasteiger partial charge in [0.1, 0.15) is 5.82 Å². The molecule has 1 aliphatic heterocycles. The van der Waals surface area contributed by atoms with Crippen LogP contribution in [0.25, 0.3) is 0 Å². The molecule has 0 aliphatic carbocycles. The van der Waals surface area contributed by atoms with Gasteiger partial charge in [0.15, 0.2) is 0 Å². The van der Waals surface area contributed by atoms with Crippen LogP contribution in [0.3, 0.4) is 0 Å². The zero-order chi connectivity index (χ0) is 16.1. The van der Waals surface area contributed by atoms with Gasteiger partial charge in [-0.2, -0.15) is 0 Å². The summed E-state index contributed by atoms with van der Waals surface area (Å²) in [6, 6.07) is 13.2. The topological polar surface area (TPSA) is 65.5 Å². The van der Waals surface area contributed by atoms with Gasteiger partial charge in [0, 0.05) is 24.3 Å². The monoisotopic (exact) mass is 311 g/mol. The lowest BCUT2D eigenvalue weighted by Crippen LogP contribution is -2.32. The average Bonchev–Trinajstić information content (AvgIpc) is 3.03. The molecule has 1 aliphatic rings. The highest BCUT2D eigenvalue weighted by atomic mass is 16.3. The first kappa shape index (κ1) is 15.6. The molecule has 23 heavy (non-hydrogen) atoms. The van der Waals surface area contributed by atoms with Crippen LogP contribution in [-0.4, -0.2) is 40.1 Å². The summed E-state index contributed by atoms with van der Waals surface area (Å²) in [5.74, 6) is 0.390. The second kappa shape index (κ2) is 7.35. The van der Waals surface area contributed by atoms with Crippen LogP contribution in [0.15, 0.2) is 48.7 Å². The van der Waals surface area contributed by atoms with Crippen LogP contribution >= 0.6 is 0 Å². The molecule has 2 aromatic rings. The van der Waals surface area contributed by atoms with E-state index in [1.807, 2.05) is 36.4 Å². The maximum Gasteiger partial charge on any atom is 0.257 e. The smallest absolute Gasteiger partial charge is 0.257 e. The number of pyridine rings is 1.